The Morgan fingerprint density at radius 2 is 2.05 bits per heavy atom. The Hall–Kier alpha value is -2.40. The van der Waals surface area contributed by atoms with Crippen LogP contribution in [0.15, 0.2) is 42.5 Å². The van der Waals surface area contributed by atoms with Crippen LogP contribution in [0.1, 0.15) is 22.7 Å². The second-order valence-corrected chi connectivity index (χ2v) is 5.11. The van der Waals surface area contributed by atoms with Crippen LogP contribution in [0.3, 0.4) is 0 Å². The number of nitrogens with one attached hydrogen (secondary N) is 2. The summed E-state index contributed by atoms with van der Waals surface area (Å²) >= 11 is 0. The van der Waals surface area contributed by atoms with Gasteiger partial charge in [0.25, 0.3) is 5.69 Å². The number of nitrogens with zero attached hydrogens (tertiary/aromatic N) is 1. The molecule has 0 aromatic heterocycles. The van der Waals surface area contributed by atoms with Crippen molar-refractivity contribution >= 4 is 11.4 Å². The average molecular weight is 283 g/mol. The van der Waals surface area contributed by atoms with E-state index < -0.39 is 0 Å². The van der Waals surface area contributed by atoms with Crippen LogP contribution in [0, 0.1) is 10.1 Å². The molecule has 0 spiro atoms. The van der Waals surface area contributed by atoms with E-state index in [0.717, 1.165) is 24.2 Å². The summed E-state index contributed by atoms with van der Waals surface area (Å²) in [6.45, 7) is 0.869. The van der Waals surface area contributed by atoms with Crippen molar-refractivity contribution in [3.05, 3.63) is 69.3 Å². The van der Waals surface area contributed by atoms with Crippen LogP contribution in [0.4, 0.5) is 11.4 Å². The SMILES string of the molecule is CNc1ccc([N+](=O)[O-])cc1[C@@H]1NCCc2ccccc21. The lowest BCUT2D eigenvalue weighted by molar-refractivity contribution is -0.384. The Kier molecular flexibility index (Phi) is 3.58. The molecule has 5 heteroatoms. The van der Waals surface area contributed by atoms with Gasteiger partial charge >= 0.3 is 0 Å². The van der Waals surface area contributed by atoms with E-state index in [2.05, 4.69) is 22.8 Å². The van der Waals surface area contributed by atoms with Crippen molar-refractivity contribution in [2.24, 2.45) is 0 Å². The molecule has 1 heterocycles. The first-order valence-electron chi connectivity index (χ1n) is 6.98. The number of hydrogen-bond donors (Lipinski definition) is 2. The number of non-ortho nitro benzene ring substituents is 1. The van der Waals surface area contributed by atoms with Crippen molar-refractivity contribution in [2.75, 3.05) is 18.9 Å². The van der Waals surface area contributed by atoms with Gasteiger partial charge in [0.05, 0.1) is 11.0 Å². The molecule has 0 fully saturated rings. The standard InChI is InChI=1S/C16H17N3O2/c1-17-15-7-6-12(19(20)21)10-14(15)16-13-5-3-2-4-11(13)8-9-18-16/h2-7,10,16-18H,8-9H2,1H3/t16-/m1/s1. The van der Waals surface area contributed by atoms with Gasteiger partial charge in [-0.15, -0.1) is 0 Å². The molecule has 1 aliphatic heterocycles. The van der Waals surface area contributed by atoms with Crippen molar-refractivity contribution in [1.29, 1.82) is 0 Å². The van der Waals surface area contributed by atoms with Gasteiger partial charge in [-0.05, 0) is 23.6 Å². The molecule has 3 rings (SSSR count). The lowest BCUT2D eigenvalue weighted by atomic mass is 9.89. The van der Waals surface area contributed by atoms with Crippen LogP contribution in [0.5, 0.6) is 0 Å². The van der Waals surface area contributed by atoms with E-state index in [-0.39, 0.29) is 16.7 Å². The highest BCUT2D eigenvalue weighted by Gasteiger charge is 2.24. The summed E-state index contributed by atoms with van der Waals surface area (Å²) in [5, 5.41) is 17.6. The molecule has 0 bridgehead atoms. The summed E-state index contributed by atoms with van der Waals surface area (Å²) < 4.78 is 0. The van der Waals surface area contributed by atoms with Crippen LogP contribution in [-0.4, -0.2) is 18.5 Å². The Morgan fingerprint density at radius 3 is 2.81 bits per heavy atom. The third-order valence-corrected chi connectivity index (χ3v) is 3.94. The maximum atomic E-state index is 11.0. The number of anilines is 1. The summed E-state index contributed by atoms with van der Waals surface area (Å²) in [6, 6.07) is 13.2. The van der Waals surface area contributed by atoms with Gasteiger partial charge in [-0.2, -0.15) is 0 Å². The molecular formula is C16H17N3O2. The van der Waals surface area contributed by atoms with E-state index in [9.17, 15) is 10.1 Å². The van der Waals surface area contributed by atoms with Gasteiger partial charge in [-0.1, -0.05) is 24.3 Å². The second kappa shape index (κ2) is 5.54. The Morgan fingerprint density at radius 1 is 1.24 bits per heavy atom. The van der Waals surface area contributed by atoms with E-state index in [1.165, 1.54) is 17.2 Å². The molecule has 0 radical (unpaired) electrons. The molecule has 2 N–H and O–H groups in total. The predicted molar refractivity (Wildman–Crippen MR) is 82.6 cm³/mol. The first kappa shape index (κ1) is 13.6. The molecule has 0 saturated carbocycles. The minimum Gasteiger partial charge on any atom is -0.388 e. The Bertz CT molecular complexity index is 685. The maximum Gasteiger partial charge on any atom is 0.269 e. The molecule has 5 nitrogen and oxygen atoms in total. The predicted octanol–water partition coefficient (Wildman–Crippen LogP) is 2.87. The molecule has 1 aliphatic rings. The van der Waals surface area contributed by atoms with Gasteiger partial charge in [-0.3, -0.25) is 10.1 Å². The largest absolute Gasteiger partial charge is 0.388 e. The third kappa shape index (κ3) is 2.48. The Labute approximate surface area is 123 Å². The van der Waals surface area contributed by atoms with Gasteiger partial charge in [0.15, 0.2) is 0 Å². The van der Waals surface area contributed by atoms with Gasteiger partial charge in [0, 0.05) is 37.0 Å². The molecule has 0 unspecified atom stereocenters. The van der Waals surface area contributed by atoms with E-state index in [1.807, 2.05) is 19.2 Å². The van der Waals surface area contributed by atoms with Crippen molar-refractivity contribution in [3.63, 3.8) is 0 Å². The number of benzene rings is 2. The van der Waals surface area contributed by atoms with Gasteiger partial charge in [0.1, 0.15) is 0 Å². The first-order valence-corrected chi connectivity index (χ1v) is 6.98. The average Bonchev–Trinajstić information content (AvgIpc) is 2.53. The van der Waals surface area contributed by atoms with Crippen molar-refractivity contribution in [3.8, 4) is 0 Å². The summed E-state index contributed by atoms with van der Waals surface area (Å²) in [5.74, 6) is 0. The van der Waals surface area contributed by atoms with Crippen LogP contribution in [0.2, 0.25) is 0 Å². The molecule has 2 aromatic carbocycles. The molecule has 0 saturated heterocycles. The third-order valence-electron chi connectivity index (χ3n) is 3.94. The fourth-order valence-corrected chi connectivity index (χ4v) is 2.91. The monoisotopic (exact) mass is 283 g/mol. The zero-order valence-corrected chi connectivity index (χ0v) is 11.8. The quantitative estimate of drug-likeness (QED) is 0.671. The maximum absolute atomic E-state index is 11.0. The zero-order chi connectivity index (χ0) is 14.8. The van der Waals surface area contributed by atoms with Crippen molar-refractivity contribution < 1.29 is 4.92 Å². The molecule has 0 amide bonds. The van der Waals surface area contributed by atoms with Gasteiger partial charge < -0.3 is 10.6 Å². The normalized spacial score (nSPS) is 17.1. The molecular weight excluding hydrogens is 266 g/mol. The van der Waals surface area contributed by atoms with Crippen molar-refractivity contribution in [1.82, 2.24) is 5.32 Å². The highest BCUT2D eigenvalue weighted by Crippen LogP contribution is 2.34. The lowest BCUT2D eigenvalue weighted by Gasteiger charge is -2.28. The summed E-state index contributed by atoms with van der Waals surface area (Å²) in [5.41, 5.74) is 4.44. The fourth-order valence-electron chi connectivity index (χ4n) is 2.91. The minimum atomic E-state index is -0.350. The Balaban J connectivity index is 2.12. The van der Waals surface area contributed by atoms with Crippen LogP contribution >= 0.6 is 0 Å². The topological polar surface area (TPSA) is 67.2 Å². The van der Waals surface area contributed by atoms with Crippen molar-refractivity contribution in [2.45, 2.75) is 12.5 Å². The summed E-state index contributed by atoms with van der Waals surface area (Å²) in [6.07, 6.45) is 0.983. The van der Waals surface area contributed by atoms with Crippen LogP contribution < -0.4 is 10.6 Å². The molecule has 108 valence electrons. The highest BCUT2D eigenvalue weighted by atomic mass is 16.6. The van der Waals surface area contributed by atoms with Crippen LogP contribution in [0.25, 0.3) is 0 Å². The summed E-state index contributed by atoms with van der Waals surface area (Å²) in [7, 11) is 1.83. The lowest BCUT2D eigenvalue weighted by Crippen LogP contribution is -2.31. The zero-order valence-electron chi connectivity index (χ0n) is 11.8. The number of fused-ring (bicyclic) bond motifs is 1. The van der Waals surface area contributed by atoms with Crippen LogP contribution in [-0.2, 0) is 6.42 Å². The smallest absolute Gasteiger partial charge is 0.269 e. The van der Waals surface area contributed by atoms with E-state index >= 15 is 0 Å². The second-order valence-electron chi connectivity index (χ2n) is 5.11. The number of nitro groups is 1. The molecule has 0 aliphatic carbocycles. The van der Waals surface area contributed by atoms with E-state index in [0.29, 0.717) is 0 Å². The number of rotatable bonds is 3. The van der Waals surface area contributed by atoms with Gasteiger partial charge in [0.2, 0.25) is 0 Å². The van der Waals surface area contributed by atoms with E-state index in [1.54, 1.807) is 12.1 Å². The number of nitro benzene ring substituents is 1. The highest BCUT2D eigenvalue weighted by molar-refractivity contribution is 5.59. The molecule has 21 heavy (non-hydrogen) atoms. The molecule has 2 aromatic rings. The minimum absolute atomic E-state index is 0.0164. The summed E-state index contributed by atoms with van der Waals surface area (Å²) in [4.78, 5) is 10.7. The number of hydrogen-bond acceptors (Lipinski definition) is 4. The fraction of sp³-hybridized carbons (Fsp3) is 0.250. The first-order chi connectivity index (χ1) is 10.2. The van der Waals surface area contributed by atoms with Gasteiger partial charge in [-0.25, -0.2) is 0 Å². The van der Waals surface area contributed by atoms with E-state index in [4.69, 9.17) is 0 Å². The molecule has 1 atom stereocenters.